The monoisotopic (exact) mass is 420 g/mol. The van der Waals surface area contributed by atoms with Crippen LogP contribution in [0, 0.1) is 28.6 Å². The number of aliphatic hydroxyl groups is 1. The second-order valence-electron chi connectivity index (χ2n) is 10.7. The number of aliphatic carboxylic acids is 1. The molecule has 0 aromatic rings. The molecule has 1 aliphatic heterocycles. The Morgan fingerprint density at radius 1 is 1.23 bits per heavy atom. The van der Waals surface area contributed by atoms with E-state index in [1.165, 1.54) is 12.2 Å². The molecule has 4 fully saturated rings. The Bertz CT molecular complexity index is 894. The summed E-state index contributed by atoms with van der Waals surface area (Å²) in [5, 5.41) is 21.7. The predicted octanol–water partition coefficient (Wildman–Crippen LogP) is 2.80. The molecule has 2 N–H and O–H groups in total. The van der Waals surface area contributed by atoms with Crippen molar-refractivity contribution in [1.29, 1.82) is 0 Å². The van der Waals surface area contributed by atoms with Crippen molar-refractivity contribution in [2.45, 2.75) is 76.7 Å². The van der Waals surface area contributed by atoms with Crippen LogP contribution in [0.4, 0.5) is 4.39 Å². The number of ether oxygens (including phenoxy) is 2. The van der Waals surface area contributed by atoms with Crippen LogP contribution in [0.3, 0.4) is 0 Å². The molecule has 0 spiro atoms. The summed E-state index contributed by atoms with van der Waals surface area (Å²) in [5.41, 5.74) is -2.82. The largest absolute Gasteiger partial charge is 0.479 e. The van der Waals surface area contributed by atoms with E-state index in [2.05, 4.69) is 0 Å². The van der Waals surface area contributed by atoms with Gasteiger partial charge in [-0.25, -0.2) is 9.18 Å². The Kier molecular flexibility index (Phi) is 3.94. The van der Waals surface area contributed by atoms with Crippen LogP contribution >= 0.6 is 0 Å². The normalized spacial score (nSPS) is 53.4. The number of rotatable bonds is 1. The van der Waals surface area contributed by atoms with Crippen molar-refractivity contribution in [2.24, 2.45) is 28.6 Å². The highest BCUT2D eigenvalue weighted by atomic mass is 19.1. The van der Waals surface area contributed by atoms with Gasteiger partial charge in [0.15, 0.2) is 17.2 Å². The minimum atomic E-state index is -1.58. The molecule has 0 bridgehead atoms. The summed E-state index contributed by atoms with van der Waals surface area (Å²) in [5.74, 6) is -3.07. The summed E-state index contributed by atoms with van der Waals surface area (Å²) in [7, 11) is 0. The molecule has 9 atom stereocenters. The number of hydrogen-bond donors (Lipinski definition) is 2. The van der Waals surface area contributed by atoms with Crippen LogP contribution in [-0.4, -0.2) is 51.7 Å². The quantitative estimate of drug-likeness (QED) is 0.678. The van der Waals surface area contributed by atoms with E-state index in [1.54, 1.807) is 19.9 Å². The minimum Gasteiger partial charge on any atom is -0.479 e. The van der Waals surface area contributed by atoms with E-state index in [0.717, 1.165) is 0 Å². The number of carbonyl (C=O) groups is 2. The summed E-state index contributed by atoms with van der Waals surface area (Å²) in [6, 6.07) is 0. The first-order chi connectivity index (χ1) is 13.9. The van der Waals surface area contributed by atoms with Gasteiger partial charge in [0.05, 0.1) is 6.10 Å². The number of aliphatic hydroxyl groups excluding tert-OH is 1. The van der Waals surface area contributed by atoms with Crippen molar-refractivity contribution in [3.63, 3.8) is 0 Å². The Morgan fingerprint density at radius 2 is 1.93 bits per heavy atom. The van der Waals surface area contributed by atoms with Crippen LogP contribution in [0.1, 0.15) is 47.0 Å². The molecule has 0 aromatic heterocycles. The first-order valence-electron chi connectivity index (χ1n) is 10.7. The first kappa shape index (κ1) is 20.3. The van der Waals surface area contributed by atoms with E-state index in [9.17, 15) is 19.8 Å². The lowest BCUT2D eigenvalue weighted by molar-refractivity contribution is -0.234. The maximum Gasteiger partial charge on any atom is 0.339 e. The van der Waals surface area contributed by atoms with Crippen LogP contribution in [-0.2, 0) is 19.1 Å². The van der Waals surface area contributed by atoms with Crippen molar-refractivity contribution in [1.82, 2.24) is 0 Å². The fraction of sp³-hybridized carbons (Fsp3) is 0.739. The lowest BCUT2D eigenvalue weighted by atomic mass is 9.46. The molecule has 7 heteroatoms. The maximum absolute atomic E-state index is 15.4. The van der Waals surface area contributed by atoms with Crippen LogP contribution in [0.25, 0.3) is 0 Å². The van der Waals surface area contributed by atoms with Gasteiger partial charge in [0, 0.05) is 16.7 Å². The number of carboxylic acids is 1. The third-order valence-electron chi connectivity index (χ3n) is 8.79. The molecule has 9 unspecified atom stereocenters. The maximum atomic E-state index is 15.4. The molecule has 3 saturated carbocycles. The van der Waals surface area contributed by atoms with Gasteiger partial charge in [0.2, 0.25) is 0 Å². The van der Waals surface area contributed by atoms with E-state index >= 15 is 4.39 Å². The Labute approximate surface area is 175 Å². The molecule has 1 heterocycles. The summed E-state index contributed by atoms with van der Waals surface area (Å²) >= 11 is 0. The summed E-state index contributed by atoms with van der Waals surface area (Å²) < 4.78 is 27.5. The molecule has 0 aromatic carbocycles. The average Bonchev–Trinajstić information content (AvgIpc) is 3.03. The zero-order chi connectivity index (χ0) is 21.9. The van der Waals surface area contributed by atoms with E-state index in [-0.39, 0.29) is 36.4 Å². The number of halogens is 1. The molecule has 6 nitrogen and oxygen atoms in total. The predicted molar refractivity (Wildman–Crippen MR) is 104 cm³/mol. The third-order valence-corrected chi connectivity index (χ3v) is 8.79. The highest BCUT2D eigenvalue weighted by molar-refractivity contribution is 6.01. The number of carbonyl (C=O) groups excluding carboxylic acids is 1. The van der Waals surface area contributed by atoms with Gasteiger partial charge in [-0.05, 0) is 62.7 Å². The van der Waals surface area contributed by atoms with Crippen molar-refractivity contribution in [3.05, 3.63) is 23.8 Å². The van der Waals surface area contributed by atoms with Gasteiger partial charge in [-0.1, -0.05) is 19.9 Å². The fourth-order valence-electron chi connectivity index (χ4n) is 7.80. The zero-order valence-electron chi connectivity index (χ0n) is 17.7. The van der Waals surface area contributed by atoms with Gasteiger partial charge in [0.1, 0.15) is 12.3 Å². The summed E-state index contributed by atoms with van der Waals surface area (Å²) in [6.07, 6.45) is 2.59. The molecular weight excluding hydrogens is 391 g/mol. The molecule has 5 aliphatic rings. The average molecular weight is 420 g/mol. The topological polar surface area (TPSA) is 93.1 Å². The van der Waals surface area contributed by atoms with Crippen LogP contribution < -0.4 is 0 Å². The molecule has 0 radical (unpaired) electrons. The second kappa shape index (κ2) is 5.81. The third kappa shape index (κ3) is 2.24. The van der Waals surface area contributed by atoms with Crippen LogP contribution in [0.5, 0.6) is 0 Å². The molecule has 1 saturated heterocycles. The van der Waals surface area contributed by atoms with E-state index in [0.29, 0.717) is 12.0 Å². The van der Waals surface area contributed by atoms with E-state index in [4.69, 9.17) is 9.47 Å². The van der Waals surface area contributed by atoms with Gasteiger partial charge >= 0.3 is 5.97 Å². The van der Waals surface area contributed by atoms with E-state index in [1.807, 2.05) is 13.8 Å². The smallest absolute Gasteiger partial charge is 0.339 e. The van der Waals surface area contributed by atoms with Crippen molar-refractivity contribution in [3.8, 4) is 0 Å². The molecular formula is C23H29FO6. The van der Waals surface area contributed by atoms with Crippen LogP contribution in [0.15, 0.2) is 23.8 Å². The highest BCUT2D eigenvalue weighted by Gasteiger charge is 2.78. The van der Waals surface area contributed by atoms with Gasteiger partial charge in [-0.3, -0.25) is 4.79 Å². The summed E-state index contributed by atoms with van der Waals surface area (Å²) in [6.45, 7) is 7.15. The molecule has 30 heavy (non-hydrogen) atoms. The van der Waals surface area contributed by atoms with Crippen molar-refractivity contribution in [2.75, 3.05) is 0 Å². The Hall–Kier alpha value is -1.57. The Balaban J connectivity index is 1.61. The zero-order valence-corrected chi connectivity index (χ0v) is 17.7. The number of ketones is 1. The summed E-state index contributed by atoms with van der Waals surface area (Å²) in [4.78, 5) is 24.5. The SMILES string of the molecule is CC1(C)OC2CC3C4CC(F)C5=CC(=O)C=CC5(C)C4C(O)CC3(C)C2(C(=O)O)O1. The molecule has 0 amide bonds. The van der Waals surface area contributed by atoms with Gasteiger partial charge in [0.25, 0.3) is 0 Å². The molecule has 4 aliphatic carbocycles. The van der Waals surface area contributed by atoms with Crippen molar-refractivity contribution >= 4 is 11.8 Å². The van der Waals surface area contributed by atoms with Gasteiger partial charge in [-0.2, -0.15) is 0 Å². The minimum absolute atomic E-state index is 0.163. The van der Waals surface area contributed by atoms with E-state index < -0.39 is 46.6 Å². The highest BCUT2D eigenvalue weighted by Crippen LogP contribution is 2.70. The van der Waals surface area contributed by atoms with Gasteiger partial charge < -0.3 is 19.7 Å². The number of fused-ring (bicyclic) bond motifs is 7. The second-order valence-corrected chi connectivity index (χ2v) is 10.7. The lowest BCUT2D eigenvalue weighted by Gasteiger charge is -2.60. The molecule has 164 valence electrons. The standard InChI is InChI=1S/C23H29FO6/c1-20(2)29-17-9-13-12-8-15(24)14-7-11(25)5-6-21(14,3)18(12)16(26)10-22(13,4)23(17,30-20)19(27)28/h5-7,12-13,15-18,26H,8-10H2,1-4H3,(H,27,28). The van der Waals surface area contributed by atoms with Crippen molar-refractivity contribution < 1.29 is 33.7 Å². The number of hydrogen-bond acceptors (Lipinski definition) is 5. The van der Waals surface area contributed by atoms with Gasteiger partial charge in [-0.15, -0.1) is 0 Å². The Morgan fingerprint density at radius 3 is 2.60 bits per heavy atom. The van der Waals surface area contributed by atoms with Crippen LogP contribution in [0.2, 0.25) is 0 Å². The number of allylic oxidation sites excluding steroid dienone is 4. The first-order valence-corrected chi connectivity index (χ1v) is 10.7. The molecule has 5 rings (SSSR count). The lowest BCUT2D eigenvalue weighted by Crippen LogP contribution is -2.64. The fourth-order valence-corrected chi connectivity index (χ4v) is 7.80. The number of alkyl halides is 1. The number of carboxylic acid groups (broad SMARTS) is 1.